The molecule has 0 aliphatic carbocycles. The van der Waals surface area contributed by atoms with Gasteiger partial charge in [-0.15, -0.1) is 0 Å². The van der Waals surface area contributed by atoms with Crippen molar-refractivity contribution in [3.8, 4) is 5.75 Å². The average Bonchev–Trinajstić information content (AvgIpc) is 2.04. The van der Waals surface area contributed by atoms with Gasteiger partial charge >= 0.3 is 0 Å². The van der Waals surface area contributed by atoms with Crippen molar-refractivity contribution in [1.29, 1.82) is 0 Å². The Morgan fingerprint density at radius 2 is 2.25 bits per heavy atom. The maximum absolute atomic E-state index is 12.8. The van der Waals surface area contributed by atoms with E-state index in [1.807, 2.05) is 6.92 Å². The summed E-state index contributed by atoms with van der Waals surface area (Å²) in [6.45, 7) is 2.53. The number of fused-ring (bicyclic) bond motifs is 1. The molecule has 0 fully saturated rings. The minimum atomic E-state index is -0.236. The first-order chi connectivity index (χ1) is 5.77. The molecule has 1 heterocycles. The van der Waals surface area contributed by atoms with E-state index in [2.05, 4.69) is 0 Å². The Hall–Kier alpha value is -1.09. The third kappa shape index (κ3) is 1.16. The van der Waals surface area contributed by atoms with Gasteiger partial charge in [-0.2, -0.15) is 0 Å². The number of benzene rings is 1. The van der Waals surface area contributed by atoms with Gasteiger partial charge in [0, 0.05) is 5.56 Å². The zero-order valence-electron chi connectivity index (χ0n) is 6.76. The molecule has 64 valence electrons. The molecule has 0 amide bonds. The molecule has 0 radical (unpaired) electrons. The van der Waals surface area contributed by atoms with Crippen LogP contribution in [0.5, 0.6) is 5.75 Å². The third-order valence-electron chi connectivity index (χ3n) is 1.86. The van der Waals surface area contributed by atoms with E-state index >= 15 is 0 Å². The van der Waals surface area contributed by atoms with E-state index in [0.717, 1.165) is 16.9 Å². The Bertz CT molecular complexity index is 310. The van der Waals surface area contributed by atoms with Gasteiger partial charge in [0.15, 0.2) is 6.79 Å². The van der Waals surface area contributed by atoms with Crippen LogP contribution >= 0.6 is 0 Å². The van der Waals surface area contributed by atoms with Crippen LogP contribution in [0.3, 0.4) is 0 Å². The van der Waals surface area contributed by atoms with Crippen molar-refractivity contribution in [2.75, 3.05) is 6.79 Å². The molecule has 0 saturated carbocycles. The fraction of sp³-hybridized carbons (Fsp3) is 0.333. The van der Waals surface area contributed by atoms with Crippen LogP contribution in [0, 0.1) is 12.7 Å². The predicted octanol–water partition coefficient (Wildman–Crippen LogP) is 2.00. The maximum Gasteiger partial charge on any atom is 0.189 e. The molecule has 0 spiro atoms. The minimum absolute atomic E-state index is 0.236. The van der Waals surface area contributed by atoms with Crippen molar-refractivity contribution in [2.24, 2.45) is 0 Å². The molecule has 1 aliphatic heterocycles. The Labute approximate surface area is 69.9 Å². The molecule has 0 aromatic heterocycles. The number of halogens is 1. The molecule has 12 heavy (non-hydrogen) atoms. The molecular formula is C9H9FO2. The van der Waals surface area contributed by atoms with Gasteiger partial charge in [0.25, 0.3) is 0 Å². The van der Waals surface area contributed by atoms with Crippen molar-refractivity contribution >= 4 is 0 Å². The van der Waals surface area contributed by atoms with E-state index < -0.39 is 0 Å². The highest BCUT2D eigenvalue weighted by molar-refractivity contribution is 5.41. The molecule has 0 bridgehead atoms. The van der Waals surface area contributed by atoms with Crippen LogP contribution in [0.1, 0.15) is 11.1 Å². The summed E-state index contributed by atoms with van der Waals surface area (Å²) in [5, 5.41) is 0. The summed E-state index contributed by atoms with van der Waals surface area (Å²) in [5.74, 6) is 0.531. The standard InChI is InChI=1S/C9H9FO2/c1-6-2-8(10)3-7-4-11-5-12-9(6)7/h2-3H,4-5H2,1H3. The lowest BCUT2D eigenvalue weighted by Crippen LogP contribution is -2.12. The number of rotatable bonds is 0. The lowest BCUT2D eigenvalue weighted by molar-refractivity contribution is -0.0170. The lowest BCUT2D eigenvalue weighted by atomic mass is 10.1. The molecule has 0 N–H and O–H groups in total. The second-order valence-corrected chi connectivity index (χ2v) is 2.82. The van der Waals surface area contributed by atoms with Crippen LogP contribution in [0.2, 0.25) is 0 Å². The van der Waals surface area contributed by atoms with Gasteiger partial charge in [0.1, 0.15) is 11.6 Å². The van der Waals surface area contributed by atoms with Crippen LogP contribution in [-0.2, 0) is 11.3 Å². The first-order valence-corrected chi connectivity index (χ1v) is 3.77. The van der Waals surface area contributed by atoms with Gasteiger partial charge in [-0.25, -0.2) is 4.39 Å². The van der Waals surface area contributed by atoms with Gasteiger partial charge in [-0.3, -0.25) is 0 Å². The van der Waals surface area contributed by atoms with Crippen molar-refractivity contribution in [2.45, 2.75) is 13.5 Å². The molecule has 1 aliphatic rings. The van der Waals surface area contributed by atoms with Crippen LogP contribution in [0.4, 0.5) is 4.39 Å². The SMILES string of the molecule is Cc1cc(F)cc2c1OCOC2. The van der Waals surface area contributed by atoms with Gasteiger partial charge < -0.3 is 9.47 Å². The van der Waals surface area contributed by atoms with E-state index in [1.54, 1.807) is 0 Å². The topological polar surface area (TPSA) is 18.5 Å². The summed E-state index contributed by atoms with van der Waals surface area (Å²) >= 11 is 0. The number of hydrogen-bond donors (Lipinski definition) is 0. The highest BCUT2D eigenvalue weighted by Crippen LogP contribution is 2.28. The van der Waals surface area contributed by atoms with E-state index in [4.69, 9.17) is 9.47 Å². The van der Waals surface area contributed by atoms with E-state index in [-0.39, 0.29) is 12.6 Å². The van der Waals surface area contributed by atoms with Gasteiger partial charge in [-0.05, 0) is 24.6 Å². The maximum atomic E-state index is 12.8. The zero-order chi connectivity index (χ0) is 8.55. The molecule has 0 unspecified atom stereocenters. The Morgan fingerprint density at radius 1 is 1.42 bits per heavy atom. The van der Waals surface area contributed by atoms with Crippen molar-refractivity contribution in [3.63, 3.8) is 0 Å². The molecule has 1 aromatic rings. The van der Waals surface area contributed by atoms with E-state index in [0.29, 0.717) is 6.61 Å². The van der Waals surface area contributed by atoms with Crippen molar-refractivity contribution in [3.05, 3.63) is 29.1 Å². The van der Waals surface area contributed by atoms with Crippen LogP contribution in [0.15, 0.2) is 12.1 Å². The number of ether oxygens (including phenoxy) is 2. The summed E-state index contributed by atoms with van der Waals surface area (Å²) in [7, 11) is 0. The van der Waals surface area contributed by atoms with Crippen molar-refractivity contribution in [1.82, 2.24) is 0 Å². The molecule has 0 saturated heterocycles. The molecule has 2 nitrogen and oxygen atoms in total. The highest BCUT2D eigenvalue weighted by atomic mass is 19.1. The molecule has 3 heteroatoms. The summed E-state index contributed by atoms with van der Waals surface area (Å²) in [4.78, 5) is 0. The first-order valence-electron chi connectivity index (χ1n) is 3.77. The fourth-order valence-corrected chi connectivity index (χ4v) is 1.37. The van der Waals surface area contributed by atoms with Crippen LogP contribution in [-0.4, -0.2) is 6.79 Å². The van der Waals surface area contributed by atoms with Gasteiger partial charge in [0.2, 0.25) is 0 Å². The average molecular weight is 168 g/mol. The first kappa shape index (κ1) is 7.55. The summed E-state index contributed by atoms with van der Waals surface area (Å²) < 4.78 is 23.1. The second-order valence-electron chi connectivity index (χ2n) is 2.82. The van der Waals surface area contributed by atoms with Gasteiger partial charge in [0.05, 0.1) is 6.61 Å². The van der Waals surface area contributed by atoms with Gasteiger partial charge in [-0.1, -0.05) is 0 Å². The number of hydrogen-bond acceptors (Lipinski definition) is 2. The van der Waals surface area contributed by atoms with Crippen LogP contribution in [0.25, 0.3) is 0 Å². The number of aryl methyl sites for hydroxylation is 1. The molecule has 2 rings (SSSR count). The highest BCUT2D eigenvalue weighted by Gasteiger charge is 2.13. The van der Waals surface area contributed by atoms with E-state index in [1.165, 1.54) is 12.1 Å². The Morgan fingerprint density at radius 3 is 3.08 bits per heavy atom. The predicted molar refractivity (Wildman–Crippen MR) is 41.4 cm³/mol. The monoisotopic (exact) mass is 168 g/mol. The largest absolute Gasteiger partial charge is 0.467 e. The smallest absolute Gasteiger partial charge is 0.189 e. The fourth-order valence-electron chi connectivity index (χ4n) is 1.37. The summed E-state index contributed by atoms with van der Waals surface area (Å²) in [6.07, 6.45) is 0. The van der Waals surface area contributed by atoms with Crippen molar-refractivity contribution < 1.29 is 13.9 Å². The molecule has 1 aromatic carbocycles. The quantitative estimate of drug-likeness (QED) is 0.589. The summed E-state index contributed by atoms with van der Waals surface area (Å²) in [6, 6.07) is 2.91. The molecule has 0 atom stereocenters. The third-order valence-corrected chi connectivity index (χ3v) is 1.86. The Kier molecular flexibility index (Phi) is 1.73. The van der Waals surface area contributed by atoms with E-state index in [9.17, 15) is 4.39 Å². The Balaban J connectivity index is 2.53. The van der Waals surface area contributed by atoms with Crippen LogP contribution < -0.4 is 4.74 Å². The lowest BCUT2D eigenvalue weighted by Gasteiger charge is -2.19. The minimum Gasteiger partial charge on any atom is -0.467 e. The summed E-state index contributed by atoms with van der Waals surface area (Å²) in [5.41, 5.74) is 1.62. The molecular weight excluding hydrogens is 159 g/mol. The second kappa shape index (κ2) is 2.75. The normalized spacial score (nSPS) is 15.2. The zero-order valence-corrected chi connectivity index (χ0v) is 6.76.